The van der Waals surface area contributed by atoms with Crippen molar-refractivity contribution in [1.82, 2.24) is 84.3 Å². The van der Waals surface area contributed by atoms with Gasteiger partial charge in [-0.1, -0.05) is 16.8 Å². The zero-order valence-corrected chi connectivity index (χ0v) is 74.3. The highest BCUT2D eigenvalue weighted by Gasteiger charge is 2.49. The number of aliphatic hydroxyl groups excluding tert-OH is 8. The molecule has 33 heteroatoms. The SMILES string of the molecule is Cc1ccnc2c1ccn2C1CC(Oc2cc(-c3ccn[nH]3)cc3c2CCCC3)C(O)C1O.Cc1ccnc2c1ccn2C1CC(Oc2cc(-c3cnnn3C)cc3c2CNCC3)C(O)C1O.Cc1ccnc2c1ccn2C1CC(Oc2cc(-c3cscn3)cc3c2CNCC3)C(O)C1O.N#Cc1cc2c(c(OC3CC(n4cc(Cl)c5c(N)ccnc54)C(O)C3O)c1)CNCC2. The van der Waals surface area contributed by atoms with Crippen molar-refractivity contribution < 1.29 is 59.8 Å². The van der Waals surface area contributed by atoms with Crippen molar-refractivity contribution in [3.05, 3.63) is 242 Å². The average molecular weight is 1810 g/mol. The van der Waals surface area contributed by atoms with Crippen LogP contribution in [0.2, 0.25) is 5.02 Å². The lowest BCUT2D eigenvalue weighted by Gasteiger charge is -2.25. The number of anilines is 1. The van der Waals surface area contributed by atoms with Crippen LogP contribution in [0.1, 0.15) is 129 Å². The van der Waals surface area contributed by atoms with Crippen LogP contribution in [0.25, 0.3) is 77.9 Å². The number of nitrogens with zero attached hydrogens (tertiary/aromatic N) is 14. The number of hydrogen-bond acceptors (Lipinski definition) is 26. The molecule has 4 fully saturated rings. The third kappa shape index (κ3) is 16.6. The molecule has 0 saturated heterocycles. The van der Waals surface area contributed by atoms with E-state index >= 15 is 0 Å². The van der Waals surface area contributed by atoms with E-state index in [4.69, 9.17) is 36.3 Å². The van der Waals surface area contributed by atoms with Gasteiger partial charge in [0, 0.05) is 169 Å². The summed E-state index contributed by atoms with van der Waals surface area (Å²) in [6, 6.07) is 32.6. The number of nitrogen functional groups attached to an aromatic ring is 1. The minimum Gasteiger partial charge on any atom is -0.487 e. The Hall–Kier alpha value is -12.0. The van der Waals surface area contributed by atoms with Gasteiger partial charge in [0.2, 0.25) is 0 Å². The van der Waals surface area contributed by atoms with Crippen molar-refractivity contribution in [3.63, 3.8) is 0 Å². The number of aliphatic hydroxyl groups is 8. The summed E-state index contributed by atoms with van der Waals surface area (Å²) in [5, 5.41) is 128. The van der Waals surface area contributed by atoms with E-state index in [2.05, 4.69) is 92.6 Å². The summed E-state index contributed by atoms with van der Waals surface area (Å²) in [5.74, 6) is 2.85. The van der Waals surface area contributed by atoms with Crippen molar-refractivity contribution >= 4 is 72.8 Å². The first-order valence-electron chi connectivity index (χ1n) is 44.9. The average Bonchev–Trinajstić information content (AvgIpc) is 1.61. The highest BCUT2D eigenvalue weighted by Crippen LogP contribution is 2.47. The fourth-order valence-corrected chi connectivity index (χ4v) is 21.5. The predicted octanol–water partition coefficient (Wildman–Crippen LogP) is 10.8. The van der Waals surface area contributed by atoms with Crippen LogP contribution in [0, 0.1) is 32.1 Å². The number of thiazole rings is 1. The minimum absolute atomic E-state index is 0.302. The van der Waals surface area contributed by atoms with Crippen LogP contribution in [-0.4, -0.2) is 202 Å². The fourth-order valence-electron chi connectivity index (χ4n) is 20.7. The van der Waals surface area contributed by atoms with Crippen molar-refractivity contribution in [2.24, 2.45) is 7.05 Å². The van der Waals surface area contributed by atoms with E-state index in [-0.39, 0.29) is 18.1 Å². The topological polar surface area (TPSA) is 428 Å². The monoisotopic (exact) mass is 1810 g/mol. The van der Waals surface area contributed by atoms with E-state index in [1.165, 1.54) is 28.7 Å². The summed E-state index contributed by atoms with van der Waals surface area (Å²) in [7, 11) is 1.86. The van der Waals surface area contributed by atoms with E-state index in [0.29, 0.717) is 71.8 Å². The van der Waals surface area contributed by atoms with Gasteiger partial charge in [-0.05, 0) is 227 Å². The first-order valence-corrected chi connectivity index (χ1v) is 46.2. The lowest BCUT2D eigenvalue weighted by Crippen LogP contribution is -2.35. The Bertz CT molecular complexity index is 6570. The molecule has 31 nitrogen and oxygen atoms in total. The Morgan fingerprint density at radius 1 is 0.473 bits per heavy atom. The molecule has 0 spiro atoms. The van der Waals surface area contributed by atoms with Crippen molar-refractivity contribution in [3.8, 4) is 62.8 Å². The van der Waals surface area contributed by atoms with Gasteiger partial charge >= 0.3 is 0 Å². The number of nitrogens with one attached hydrogen (secondary N) is 4. The number of benzene rings is 4. The van der Waals surface area contributed by atoms with Crippen LogP contribution < -0.4 is 40.6 Å². The summed E-state index contributed by atoms with van der Waals surface area (Å²) in [6.07, 6.45) is 16.4. The zero-order valence-electron chi connectivity index (χ0n) is 72.8. The predicted molar refractivity (Wildman–Crippen MR) is 495 cm³/mol. The molecule has 16 unspecified atom stereocenters. The molecule has 16 atom stereocenters. The number of rotatable bonds is 15. The second-order valence-electron chi connectivity index (χ2n) is 35.6. The minimum atomic E-state index is -1.11. The van der Waals surface area contributed by atoms with Crippen molar-refractivity contribution in [2.45, 2.75) is 208 Å². The largest absolute Gasteiger partial charge is 0.487 e. The van der Waals surface area contributed by atoms with Crippen LogP contribution in [0.4, 0.5) is 5.69 Å². The number of aromatic nitrogens is 14. The van der Waals surface area contributed by atoms with Crippen LogP contribution in [-0.2, 0) is 58.8 Å². The maximum atomic E-state index is 11.0. The van der Waals surface area contributed by atoms with Crippen LogP contribution >= 0.6 is 22.9 Å². The normalized spacial score (nSPS) is 24.9. The number of halogens is 1. The highest BCUT2D eigenvalue weighted by molar-refractivity contribution is 7.07. The maximum absolute atomic E-state index is 11.0. The number of pyridine rings is 4. The molecule has 0 amide bonds. The molecule has 8 aliphatic rings. The van der Waals surface area contributed by atoms with Gasteiger partial charge in [0.15, 0.2) is 0 Å². The van der Waals surface area contributed by atoms with Crippen molar-refractivity contribution in [2.75, 3.05) is 25.4 Å². The van der Waals surface area contributed by atoms with Gasteiger partial charge in [-0.15, -0.1) is 16.4 Å². The number of aromatic amines is 1. The molecule has 3 aliphatic heterocycles. The maximum Gasteiger partial charge on any atom is 0.143 e. The number of H-pyrrole nitrogens is 1. The van der Waals surface area contributed by atoms with E-state index in [9.17, 15) is 46.1 Å². The van der Waals surface area contributed by atoms with Gasteiger partial charge in [-0.2, -0.15) is 10.4 Å². The lowest BCUT2D eigenvalue weighted by molar-refractivity contribution is -0.0166. The molecule has 0 radical (unpaired) electrons. The first-order chi connectivity index (χ1) is 63.7. The number of ether oxygens (including phenoxy) is 4. The molecule has 23 rings (SSSR count). The second kappa shape index (κ2) is 36.6. The molecule has 5 aliphatic carbocycles. The molecule has 0 bridgehead atoms. The Balaban J connectivity index is 0.000000109. The molecule has 4 saturated carbocycles. The van der Waals surface area contributed by atoms with Crippen LogP contribution in [0.5, 0.6) is 23.0 Å². The van der Waals surface area contributed by atoms with E-state index in [1.54, 1.807) is 76.1 Å². The number of nitrogens with two attached hydrogens (primary N) is 1. The Morgan fingerprint density at radius 3 is 1.38 bits per heavy atom. The van der Waals surface area contributed by atoms with Gasteiger partial charge in [-0.25, -0.2) is 29.6 Å². The molecule has 11 aromatic heterocycles. The summed E-state index contributed by atoms with van der Waals surface area (Å²) in [5.41, 5.74) is 30.3. The van der Waals surface area contributed by atoms with E-state index in [0.717, 1.165) is 188 Å². The number of nitriles is 1. The van der Waals surface area contributed by atoms with Gasteiger partial charge in [0.25, 0.3) is 0 Å². The molecule has 676 valence electrons. The Labute approximate surface area is 763 Å². The molecule has 15 aromatic rings. The first kappa shape index (κ1) is 87.0. The summed E-state index contributed by atoms with van der Waals surface area (Å²) >= 11 is 7.94. The summed E-state index contributed by atoms with van der Waals surface area (Å²) in [4.78, 5) is 22.4. The Morgan fingerprint density at radius 2 is 0.908 bits per heavy atom. The third-order valence-electron chi connectivity index (χ3n) is 27.8. The number of fused-ring (bicyclic) bond motifs is 8. The standard InChI is InChI=1S/C26H28N4O3.C25H28N6O3.C25H26N4O3S.C22H22ClN5O3/c1-15-6-9-27-26-18(15)8-11-30(26)21-14-23(25(32)24(21)31)33-22-13-17(20-7-10-28-29-20)12-16-4-2-3-5-19(16)22;1-14-3-7-27-25-17(14)5-8-31(25)19-11-22(24(33)23(19)32)34-21-10-16(20-13-28-29-30(20)2)9-15-4-6-26-12-18(15)21;1-14-2-6-27-25-17(14)4-7-29(25)20-10-22(24(31)23(20)30)32-21-9-16(19-12-33-13-28-19)8-15-3-5-26-11-18(15)21;23-14-10-28(22-19(14)15(25)2-4-27-22)16-7-18(21(30)20(16)29)31-17-6-11(8-24)5-12-1-3-26-9-13(12)17/h6-13,21,23-25,31-32H,2-5,14H2,1H3,(H,28,29);3,5,7-10,13,19,22-24,26,32-33H,4,6,11-12H2,1-2H3;2,4,6-9,12-13,20,22-24,26,30-31H,3,5,10-11H2,1H3;2,4-6,10,16,18,20-21,26,29-30H,1,3,7,9H2,(H2,25,27). The molecule has 131 heavy (non-hydrogen) atoms. The highest BCUT2D eigenvalue weighted by atomic mass is 35.5. The van der Waals surface area contributed by atoms with Gasteiger partial charge < -0.3 is 99.8 Å². The molecular formula is C98H104ClN19O12S. The quantitative estimate of drug-likeness (QED) is 0.0453. The fraction of sp³-hybridized carbons (Fsp3) is 0.378. The number of hydrogen-bond donors (Lipinski definition) is 13. The second-order valence-corrected chi connectivity index (χ2v) is 36.8. The zero-order chi connectivity index (χ0) is 90.1. The Kier molecular flexibility index (Phi) is 24.3. The smallest absolute Gasteiger partial charge is 0.143 e. The van der Waals surface area contributed by atoms with E-state index < -0.39 is 79.3 Å². The molecule has 4 aromatic carbocycles. The van der Waals surface area contributed by atoms with Gasteiger partial charge in [0.05, 0.1) is 75.0 Å². The van der Waals surface area contributed by atoms with Crippen molar-refractivity contribution in [1.29, 1.82) is 5.26 Å². The van der Waals surface area contributed by atoms with Gasteiger partial charge in [0.1, 0.15) is 119 Å². The number of aryl methyl sites for hydroxylation is 5. The lowest BCUT2D eigenvalue weighted by atomic mass is 9.89. The molecule has 14 N–H and O–H groups in total. The third-order valence-corrected chi connectivity index (χ3v) is 28.6. The molecular weight excluding hydrogens is 1700 g/mol. The van der Waals surface area contributed by atoms with E-state index in [1.807, 2.05) is 131 Å². The van der Waals surface area contributed by atoms with Crippen LogP contribution in [0.3, 0.4) is 0 Å². The van der Waals surface area contributed by atoms with Gasteiger partial charge in [-0.3, -0.25) is 5.10 Å². The molecule has 14 heterocycles. The summed E-state index contributed by atoms with van der Waals surface area (Å²) < 4.78 is 35.0. The summed E-state index contributed by atoms with van der Waals surface area (Å²) in [6.45, 7) is 10.9. The van der Waals surface area contributed by atoms with Crippen LogP contribution in [0.15, 0.2) is 170 Å².